The molecule has 0 bridgehead atoms. The van der Waals surface area contributed by atoms with Gasteiger partial charge in [0.2, 0.25) is 0 Å². The zero-order valence-electron chi connectivity index (χ0n) is 17.5. The highest BCUT2D eigenvalue weighted by molar-refractivity contribution is 5.97. The standard InChI is InChI=1S/C25H25N3O3/c1-17-5-2-6-18(13-17)16-28-23-14-19(24(29)26-15-20-7-4-12-31-20)9-10-21(23)27-11-3-8-22(27)25(28)30/h2-3,5-6,8-11,13-14,20H,4,7,12,15-16H2,1H3,(H,26,29). The lowest BCUT2D eigenvalue weighted by Gasteiger charge is -2.15. The van der Waals surface area contributed by atoms with Crippen molar-refractivity contribution in [2.24, 2.45) is 0 Å². The maximum atomic E-state index is 13.3. The van der Waals surface area contributed by atoms with Gasteiger partial charge in [-0.1, -0.05) is 29.8 Å². The third-order valence-electron chi connectivity index (χ3n) is 5.94. The fourth-order valence-corrected chi connectivity index (χ4v) is 4.36. The van der Waals surface area contributed by atoms with Crippen LogP contribution in [0.1, 0.15) is 34.3 Å². The van der Waals surface area contributed by atoms with Crippen LogP contribution >= 0.6 is 0 Å². The largest absolute Gasteiger partial charge is 0.376 e. The molecule has 31 heavy (non-hydrogen) atoms. The second-order valence-corrected chi connectivity index (χ2v) is 8.19. The number of benzene rings is 2. The number of carbonyl (C=O) groups excluding carboxylic acids is 1. The topological polar surface area (TPSA) is 64.7 Å². The number of aryl methyl sites for hydroxylation is 1. The van der Waals surface area contributed by atoms with E-state index in [1.807, 2.05) is 66.1 Å². The summed E-state index contributed by atoms with van der Waals surface area (Å²) in [5.41, 5.74) is 4.91. The smallest absolute Gasteiger partial charge is 0.275 e. The van der Waals surface area contributed by atoms with Crippen molar-refractivity contribution in [1.82, 2.24) is 14.3 Å². The highest BCUT2D eigenvalue weighted by Gasteiger charge is 2.18. The summed E-state index contributed by atoms with van der Waals surface area (Å²) >= 11 is 0. The van der Waals surface area contributed by atoms with Crippen LogP contribution in [0.5, 0.6) is 0 Å². The van der Waals surface area contributed by atoms with E-state index in [-0.39, 0.29) is 17.6 Å². The van der Waals surface area contributed by atoms with Crippen LogP contribution in [0, 0.1) is 6.92 Å². The van der Waals surface area contributed by atoms with Gasteiger partial charge < -0.3 is 19.0 Å². The number of nitrogens with one attached hydrogen (secondary N) is 1. The SMILES string of the molecule is Cc1cccc(Cn2c(=O)c3cccn3c3ccc(C(=O)NCC4CCCO4)cc32)c1. The average molecular weight is 415 g/mol. The molecule has 1 aliphatic heterocycles. The van der Waals surface area contributed by atoms with E-state index < -0.39 is 0 Å². The Balaban J connectivity index is 1.57. The highest BCUT2D eigenvalue weighted by atomic mass is 16.5. The molecule has 1 unspecified atom stereocenters. The number of hydrogen-bond donors (Lipinski definition) is 1. The van der Waals surface area contributed by atoms with Gasteiger partial charge in [-0.15, -0.1) is 0 Å². The predicted octanol–water partition coefficient (Wildman–Crippen LogP) is 3.52. The minimum atomic E-state index is -0.153. The second kappa shape index (κ2) is 8.04. The van der Waals surface area contributed by atoms with E-state index in [1.165, 1.54) is 0 Å². The summed E-state index contributed by atoms with van der Waals surface area (Å²) in [6, 6.07) is 17.4. The molecule has 5 rings (SSSR count). The van der Waals surface area contributed by atoms with Crippen LogP contribution in [-0.4, -0.2) is 34.1 Å². The Morgan fingerprint density at radius 2 is 2.00 bits per heavy atom. The van der Waals surface area contributed by atoms with Crippen LogP contribution in [0.25, 0.3) is 16.6 Å². The van der Waals surface area contributed by atoms with Crippen molar-refractivity contribution in [3.8, 4) is 0 Å². The molecule has 2 aromatic heterocycles. The minimum absolute atomic E-state index is 0.0732. The van der Waals surface area contributed by atoms with Crippen molar-refractivity contribution in [3.63, 3.8) is 0 Å². The second-order valence-electron chi connectivity index (χ2n) is 8.19. The molecule has 1 saturated heterocycles. The number of rotatable bonds is 5. The maximum absolute atomic E-state index is 13.3. The Morgan fingerprint density at radius 3 is 2.81 bits per heavy atom. The van der Waals surface area contributed by atoms with Gasteiger partial charge in [0.05, 0.1) is 23.7 Å². The zero-order chi connectivity index (χ0) is 21.4. The molecular weight excluding hydrogens is 390 g/mol. The minimum Gasteiger partial charge on any atom is -0.376 e. The number of aromatic nitrogens is 2. The van der Waals surface area contributed by atoms with E-state index in [2.05, 4.69) is 11.4 Å². The molecule has 2 aromatic carbocycles. The molecule has 6 nitrogen and oxygen atoms in total. The van der Waals surface area contributed by atoms with Gasteiger partial charge in [0.1, 0.15) is 5.52 Å². The Labute approximate surface area is 180 Å². The lowest BCUT2D eigenvalue weighted by Crippen LogP contribution is -2.32. The molecule has 1 atom stereocenters. The lowest BCUT2D eigenvalue weighted by atomic mass is 10.1. The van der Waals surface area contributed by atoms with Crippen LogP contribution in [0.2, 0.25) is 0 Å². The first kappa shape index (κ1) is 19.6. The van der Waals surface area contributed by atoms with Crippen molar-refractivity contribution in [3.05, 3.63) is 87.8 Å². The van der Waals surface area contributed by atoms with Crippen molar-refractivity contribution >= 4 is 22.5 Å². The quantitative estimate of drug-likeness (QED) is 0.542. The van der Waals surface area contributed by atoms with Gasteiger partial charge in [-0.25, -0.2) is 0 Å². The molecule has 4 aromatic rings. The molecule has 0 spiro atoms. The fraction of sp³-hybridized carbons (Fsp3) is 0.280. The van der Waals surface area contributed by atoms with E-state index in [4.69, 9.17) is 4.74 Å². The maximum Gasteiger partial charge on any atom is 0.275 e. The third kappa shape index (κ3) is 3.75. The van der Waals surface area contributed by atoms with Crippen molar-refractivity contribution < 1.29 is 9.53 Å². The van der Waals surface area contributed by atoms with Crippen LogP contribution in [0.15, 0.2) is 65.6 Å². The predicted molar refractivity (Wildman–Crippen MR) is 121 cm³/mol. The molecule has 1 amide bonds. The van der Waals surface area contributed by atoms with Gasteiger partial charge in [-0.3, -0.25) is 9.59 Å². The average Bonchev–Trinajstić information content (AvgIpc) is 3.47. The Bertz CT molecular complexity index is 1330. The molecule has 3 heterocycles. The normalized spacial score (nSPS) is 16.2. The summed E-state index contributed by atoms with van der Waals surface area (Å²) < 4.78 is 9.24. The first-order valence-electron chi connectivity index (χ1n) is 10.7. The van der Waals surface area contributed by atoms with Gasteiger partial charge in [0.25, 0.3) is 11.5 Å². The van der Waals surface area contributed by atoms with Crippen molar-refractivity contribution in [2.45, 2.75) is 32.4 Å². The lowest BCUT2D eigenvalue weighted by molar-refractivity contribution is 0.0858. The van der Waals surface area contributed by atoms with Crippen LogP contribution in [0.3, 0.4) is 0 Å². The van der Waals surface area contributed by atoms with Gasteiger partial charge in [-0.2, -0.15) is 0 Å². The van der Waals surface area contributed by atoms with Crippen LogP contribution < -0.4 is 10.9 Å². The number of fused-ring (bicyclic) bond motifs is 3. The Kier molecular flexibility index (Phi) is 5.08. The molecule has 158 valence electrons. The van der Waals surface area contributed by atoms with E-state index in [1.54, 1.807) is 4.57 Å². The molecule has 6 heteroatoms. The highest BCUT2D eigenvalue weighted by Crippen LogP contribution is 2.19. The molecular formula is C25H25N3O3. The number of carbonyl (C=O) groups is 1. The summed E-state index contributed by atoms with van der Waals surface area (Å²) in [5, 5.41) is 2.97. The van der Waals surface area contributed by atoms with Gasteiger partial charge in [0.15, 0.2) is 0 Å². The van der Waals surface area contributed by atoms with E-state index in [0.29, 0.717) is 24.2 Å². The molecule has 0 radical (unpaired) electrons. The first-order valence-corrected chi connectivity index (χ1v) is 10.7. The summed E-state index contributed by atoms with van der Waals surface area (Å²) in [6.45, 7) is 3.75. The molecule has 0 saturated carbocycles. The van der Waals surface area contributed by atoms with Gasteiger partial charge in [0, 0.05) is 24.9 Å². The van der Waals surface area contributed by atoms with Crippen molar-refractivity contribution in [2.75, 3.05) is 13.2 Å². The molecule has 1 aliphatic rings. The van der Waals surface area contributed by atoms with E-state index >= 15 is 0 Å². The summed E-state index contributed by atoms with van der Waals surface area (Å²) in [5.74, 6) is -0.153. The molecule has 1 fully saturated rings. The van der Waals surface area contributed by atoms with Crippen LogP contribution in [-0.2, 0) is 11.3 Å². The Hall–Kier alpha value is -3.38. The van der Waals surface area contributed by atoms with Gasteiger partial charge in [-0.05, 0) is 55.7 Å². The summed E-state index contributed by atoms with van der Waals surface area (Å²) in [6.07, 6.45) is 3.98. The Morgan fingerprint density at radius 1 is 1.10 bits per heavy atom. The number of ether oxygens (including phenoxy) is 1. The fourth-order valence-electron chi connectivity index (χ4n) is 4.36. The number of hydrogen-bond acceptors (Lipinski definition) is 3. The zero-order valence-corrected chi connectivity index (χ0v) is 17.5. The van der Waals surface area contributed by atoms with E-state index in [0.717, 1.165) is 41.6 Å². The first-order chi connectivity index (χ1) is 15.1. The summed E-state index contributed by atoms with van der Waals surface area (Å²) in [4.78, 5) is 26.1. The molecule has 0 aliphatic carbocycles. The van der Waals surface area contributed by atoms with Gasteiger partial charge >= 0.3 is 0 Å². The third-order valence-corrected chi connectivity index (χ3v) is 5.94. The summed E-state index contributed by atoms with van der Waals surface area (Å²) in [7, 11) is 0. The van der Waals surface area contributed by atoms with Crippen LogP contribution in [0.4, 0.5) is 0 Å². The monoisotopic (exact) mass is 415 g/mol. The number of nitrogens with zero attached hydrogens (tertiary/aromatic N) is 2. The molecule has 1 N–H and O–H groups in total. The number of amides is 1. The van der Waals surface area contributed by atoms with E-state index in [9.17, 15) is 9.59 Å². The van der Waals surface area contributed by atoms with Crippen molar-refractivity contribution in [1.29, 1.82) is 0 Å².